The van der Waals surface area contributed by atoms with Crippen LogP contribution in [0, 0.1) is 29.1 Å². The van der Waals surface area contributed by atoms with E-state index >= 15 is 0 Å². The molecular weight excluding hydrogens is 354 g/mol. The van der Waals surface area contributed by atoms with Crippen LogP contribution in [0.5, 0.6) is 0 Å². The molecule has 0 saturated heterocycles. The van der Waals surface area contributed by atoms with Crippen LogP contribution >= 0.6 is 0 Å². The molecule has 3 aromatic rings. The molecule has 2 N–H and O–H groups in total. The highest BCUT2D eigenvalue weighted by Gasteiger charge is 2.49. The van der Waals surface area contributed by atoms with Gasteiger partial charge in [-0.05, 0) is 90.1 Å². The molecule has 7 rings (SSSR count). The monoisotopic (exact) mass is 383 g/mol. The Kier molecular flexibility index (Phi) is 3.87. The first kappa shape index (κ1) is 17.3. The van der Waals surface area contributed by atoms with Crippen molar-refractivity contribution in [1.29, 1.82) is 5.41 Å². The molecule has 4 aliphatic carbocycles. The molecule has 3 nitrogen and oxygen atoms in total. The van der Waals surface area contributed by atoms with Crippen molar-refractivity contribution >= 4 is 33.2 Å². The summed E-state index contributed by atoms with van der Waals surface area (Å²) in [7, 11) is 2.14. The Morgan fingerprint density at radius 2 is 1.45 bits per heavy atom. The van der Waals surface area contributed by atoms with E-state index in [2.05, 4.69) is 71.9 Å². The molecule has 4 saturated carbocycles. The van der Waals surface area contributed by atoms with Gasteiger partial charge in [0.05, 0.1) is 0 Å². The summed E-state index contributed by atoms with van der Waals surface area (Å²) in [5.41, 5.74) is 1.04. The molecule has 0 amide bonds. The molecule has 0 heterocycles. The van der Waals surface area contributed by atoms with Crippen molar-refractivity contribution in [2.24, 2.45) is 23.7 Å². The molecule has 0 aliphatic heterocycles. The Morgan fingerprint density at radius 3 is 2.14 bits per heavy atom. The number of nitrogens with one attached hydrogen (secondary N) is 2. The van der Waals surface area contributed by atoms with Crippen molar-refractivity contribution in [3.63, 3.8) is 0 Å². The van der Waals surface area contributed by atoms with Crippen LogP contribution in [0.25, 0.3) is 21.5 Å². The molecule has 0 aromatic heterocycles. The minimum absolute atomic E-state index is 0.540. The topological polar surface area (TPSA) is 39.1 Å². The SMILES string of the molecule is CN(C(=N)Nc1cccc2cc3ccccc3cc12)C1C2CC3CC(C2)CC1C3. The van der Waals surface area contributed by atoms with Crippen LogP contribution in [0.3, 0.4) is 0 Å². The van der Waals surface area contributed by atoms with E-state index in [4.69, 9.17) is 5.41 Å². The molecule has 4 bridgehead atoms. The number of rotatable bonds is 2. The summed E-state index contributed by atoms with van der Waals surface area (Å²) in [6.45, 7) is 0. The lowest BCUT2D eigenvalue weighted by Crippen LogP contribution is -2.57. The second-order valence-corrected chi connectivity index (χ2v) is 9.73. The second-order valence-electron chi connectivity index (χ2n) is 9.73. The number of anilines is 1. The van der Waals surface area contributed by atoms with Crippen molar-refractivity contribution in [2.75, 3.05) is 12.4 Å². The molecule has 0 unspecified atom stereocenters. The molecule has 29 heavy (non-hydrogen) atoms. The second kappa shape index (κ2) is 6.48. The van der Waals surface area contributed by atoms with E-state index in [1.807, 2.05) is 0 Å². The lowest BCUT2D eigenvalue weighted by molar-refractivity contribution is -0.0389. The summed E-state index contributed by atoms with van der Waals surface area (Å²) in [6.07, 6.45) is 7.01. The summed E-state index contributed by atoms with van der Waals surface area (Å²) in [6, 6.07) is 19.9. The summed E-state index contributed by atoms with van der Waals surface area (Å²) < 4.78 is 0. The number of hydrogen-bond donors (Lipinski definition) is 2. The Morgan fingerprint density at radius 1 is 0.828 bits per heavy atom. The van der Waals surface area contributed by atoms with Gasteiger partial charge in [0.2, 0.25) is 0 Å². The molecular formula is C26H29N3. The molecule has 3 aromatic carbocycles. The van der Waals surface area contributed by atoms with Crippen molar-refractivity contribution in [2.45, 2.75) is 38.1 Å². The van der Waals surface area contributed by atoms with Gasteiger partial charge in [0.1, 0.15) is 0 Å². The Hall–Kier alpha value is -2.55. The predicted molar refractivity (Wildman–Crippen MR) is 121 cm³/mol. The van der Waals surface area contributed by atoms with E-state index in [0.717, 1.165) is 29.4 Å². The fraction of sp³-hybridized carbons (Fsp3) is 0.423. The van der Waals surface area contributed by atoms with E-state index in [9.17, 15) is 0 Å². The van der Waals surface area contributed by atoms with Crippen molar-refractivity contribution in [3.8, 4) is 0 Å². The van der Waals surface area contributed by atoms with Crippen LogP contribution in [-0.4, -0.2) is 23.9 Å². The summed E-state index contributed by atoms with van der Waals surface area (Å²) >= 11 is 0. The zero-order chi connectivity index (χ0) is 19.5. The zero-order valence-electron chi connectivity index (χ0n) is 17.1. The van der Waals surface area contributed by atoms with Crippen molar-refractivity contribution in [1.82, 2.24) is 4.90 Å². The van der Waals surface area contributed by atoms with Crippen LogP contribution in [0.2, 0.25) is 0 Å². The number of nitrogens with zero attached hydrogens (tertiary/aromatic N) is 1. The molecule has 0 radical (unpaired) electrons. The van der Waals surface area contributed by atoms with Gasteiger partial charge in [-0.25, -0.2) is 0 Å². The first-order valence-corrected chi connectivity index (χ1v) is 11.2. The standard InChI is InChI=1S/C26H29N3/c1-29(25-21-10-16-9-17(12-21)13-22(25)11-16)26(27)28-24-8-4-7-20-14-18-5-2-3-6-19(18)15-23(20)24/h2-8,14-17,21-22,25H,9-13H2,1H3,(H2,27,28). The van der Waals surface area contributed by atoms with Gasteiger partial charge >= 0.3 is 0 Å². The van der Waals surface area contributed by atoms with Crippen LogP contribution < -0.4 is 5.32 Å². The van der Waals surface area contributed by atoms with Gasteiger partial charge in [0.25, 0.3) is 0 Å². The van der Waals surface area contributed by atoms with Gasteiger partial charge < -0.3 is 10.2 Å². The first-order chi connectivity index (χ1) is 14.2. The quantitative estimate of drug-likeness (QED) is 0.319. The van der Waals surface area contributed by atoms with E-state index in [1.54, 1.807) is 0 Å². The third-order valence-electron chi connectivity index (χ3n) is 7.98. The van der Waals surface area contributed by atoms with E-state index in [0.29, 0.717) is 12.0 Å². The smallest absolute Gasteiger partial charge is 0.195 e. The number of benzene rings is 3. The minimum atomic E-state index is 0.540. The molecule has 3 heteroatoms. The molecule has 148 valence electrons. The van der Waals surface area contributed by atoms with E-state index in [-0.39, 0.29) is 0 Å². The number of hydrogen-bond acceptors (Lipinski definition) is 1. The van der Waals surface area contributed by atoms with E-state index in [1.165, 1.54) is 53.6 Å². The maximum Gasteiger partial charge on any atom is 0.195 e. The average Bonchev–Trinajstić information content (AvgIpc) is 2.71. The average molecular weight is 384 g/mol. The van der Waals surface area contributed by atoms with Gasteiger partial charge in [-0.3, -0.25) is 5.41 Å². The Bertz CT molecular complexity index is 1070. The molecule has 4 fully saturated rings. The van der Waals surface area contributed by atoms with Gasteiger partial charge in [-0.15, -0.1) is 0 Å². The Labute approximate surface area is 172 Å². The van der Waals surface area contributed by atoms with Gasteiger partial charge in [0, 0.05) is 24.2 Å². The van der Waals surface area contributed by atoms with Crippen molar-refractivity contribution < 1.29 is 0 Å². The summed E-state index contributed by atoms with van der Waals surface area (Å²) in [5.74, 6) is 4.05. The third-order valence-corrected chi connectivity index (χ3v) is 7.98. The van der Waals surface area contributed by atoms with Crippen LogP contribution in [-0.2, 0) is 0 Å². The third kappa shape index (κ3) is 2.82. The van der Waals surface area contributed by atoms with Crippen LogP contribution in [0.1, 0.15) is 32.1 Å². The van der Waals surface area contributed by atoms with Crippen LogP contribution in [0.15, 0.2) is 54.6 Å². The molecule has 0 spiro atoms. The highest BCUT2D eigenvalue weighted by atomic mass is 15.3. The summed E-state index contributed by atoms with van der Waals surface area (Å²) in [5, 5.41) is 17.2. The van der Waals surface area contributed by atoms with Crippen LogP contribution in [0.4, 0.5) is 5.69 Å². The predicted octanol–water partition coefficient (Wildman–Crippen LogP) is 6.10. The fourth-order valence-corrected chi connectivity index (χ4v) is 6.97. The maximum absolute atomic E-state index is 8.86. The van der Waals surface area contributed by atoms with Gasteiger partial charge in [-0.1, -0.05) is 36.4 Å². The Balaban J connectivity index is 1.29. The fourth-order valence-electron chi connectivity index (χ4n) is 6.97. The maximum atomic E-state index is 8.86. The largest absolute Gasteiger partial charge is 0.342 e. The lowest BCUT2D eigenvalue weighted by Gasteiger charge is -2.56. The molecule has 0 atom stereocenters. The highest BCUT2D eigenvalue weighted by Crippen LogP contribution is 2.55. The zero-order valence-corrected chi connectivity index (χ0v) is 17.1. The first-order valence-electron chi connectivity index (χ1n) is 11.2. The number of fused-ring (bicyclic) bond motifs is 2. The van der Waals surface area contributed by atoms with Crippen molar-refractivity contribution in [3.05, 3.63) is 54.6 Å². The number of guanidine groups is 1. The minimum Gasteiger partial charge on any atom is -0.342 e. The highest BCUT2D eigenvalue weighted by molar-refractivity contribution is 6.07. The van der Waals surface area contributed by atoms with Gasteiger partial charge in [-0.2, -0.15) is 0 Å². The summed E-state index contributed by atoms with van der Waals surface area (Å²) in [4.78, 5) is 2.26. The molecule has 4 aliphatic rings. The lowest BCUT2D eigenvalue weighted by atomic mass is 9.54. The normalized spacial score (nSPS) is 30.0. The van der Waals surface area contributed by atoms with Gasteiger partial charge in [0.15, 0.2) is 5.96 Å². The van der Waals surface area contributed by atoms with E-state index < -0.39 is 0 Å².